The summed E-state index contributed by atoms with van der Waals surface area (Å²) in [5.74, 6) is -1.08. The second-order valence-electron chi connectivity index (χ2n) is 0.971. The molecule has 4 heteroatoms. The number of carbonyl (C=O) groups is 1. The maximum atomic E-state index is 8.89. The molecule has 0 spiro atoms. The van der Waals surface area contributed by atoms with Gasteiger partial charge in [0.2, 0.25) is 0 Å². The molecule has 0 aromatic rings. The minimum atomic E-state index is -1.08. The van der Waals surface area contributed by atoms with Gasteiger partial charge in [-0.2, -0.15) is 6.42 Å². The molecule has 0 saturated heterocycles. The van der Waals surface area contributed by atoms with Gasteiger partial charge in [-0.05, 0) is 0 Å². The number of rotatable bonds is 1. The number of hydrogen-bond acceptors (Lipinski definition) is 2. The first kappa shape index (κ1) is 16.1. The van der Waals surface area contributed by atoms with Gasteiger partial charge in [0.25, 0.3) is 0 Å². The number of aliphatic carboxylic acids is 1. The van der Waals surface area contributed by atoms with Crippen LogP contribution in [0, 0.1) is 13.8 Å². The standard InChI is InChI=1S/C3H7O.C2H3O2.Zr/c1-2-3-4;1-2(3)4;/h4H,1-3H2;1H2,(H,3,4);/q2*-1;+2. The van der Waals surface area contributed by atoms with Crippen molar-refractivity contribution in [3.8, 4) is 0 Å². The summed E-state index contributed by atoms with van der Waals surface area (Å²) in [6.07, 6.45) is 0.625. The van der Waals surface area contributed by atoms with E-state index in [0.29, 0.717) is 6.42 Å². The number of aliphatic hydroxyl groups is 1. The van der Waals surface area contributed by atoms with Crippen LogP contribution in [-0.2, 0) is 31.0 Å². The van der Waals surface area contributed by atoms with Crippen LogP contribution in [0.5, 0.6) is 0 Å². The zero-order valence-electron chi connectivity index (χ0n) is 5.13. The summed E-state index contributed by atoms with van der Waals surface area (Å²) < 4.78 is 0. The number of hydrogen-bond donors (Lipinski definition) is 2. The first-order valence-electron chi connectivity index (χ1n) is 2.10. The van der Waals surface area contributed by atoms with Crippen molar-refractivity contribution in [2.24, 2.45) is 0 Å². The van der Waals surface area contributed by atoms with E-state index in [1.54, 1.807) is 0 Å². The predicted molar refractivity (Wildman–Crippen MR) is 30.1 cm³/mol. The fourth-order valence-electron chi connectivity index (χ4n) is 0. The van der Waals surface area contributed by atoms with Gasteiger partial charge in [-0.3, -0.25) is 11.7 Å². The second-order valence-corrected chi connectivity index (χ2v) is 0.971. The second kappa shape index (κ2) is 15.7. The van der Waals surface area contributed by atoms with E-state index < -0.39 is 5.97 Å². The summed E-state index contributed by atoms with van der Waals surface area (Å²) >= 11 is 0. The Morgan fingerprint density at radius 3 is 1.67 bits per heavy atom. The Morgan fingerprint density at radius 2 is 1.67 bits per heavy atom. The maximum absolute atomic E-state index is 8.89. The molecule has 3 nitrogen and oxygen atoms in total. The van der Waals surface area contributed by atoms with E-state index in [2.05, 4.69) is 13.8 Å². The Morgan fingerprint density at radius 1 is 1.56 bits per heavy atom. The van der Waals surface area contributed by atoms with E-state index in [-0.39, 0.29) is 32.8 Å². The Balaban J connectivity index is -0.0000000720. The Labute approximate surface area is 74.2 Å². The molecule has 0 aliphatic carbocycles. The third-order valence-electron chi connectivity index (χ3n) is 0.158. The van der Waals surface area contributed by atoms with Crippen molar-refractivity contribution in [3.63, 3.8) is 0 Å². The molecule has 0 atom stereocenters. The molecule has 0 radical (unpaired) electrons. The topological polar surface area (TPSA) is 57.5 Å². The fourth-order valence-corrected chi connectivity index (χ4v) is 0. The minimum absolute atomic E-state index is 0. The average Bonchev–Trinajstić information content (AvgIpc) is 1.65. The number of carboxylic acids is 1. The van der Waals surface area contributed by atoms with Crippen LogP contribution in [0.4, 0.5) is 0 Å². The molecule has 0 aliphatic rings. The van der Waals surface area contributed by atoms with Crippen molar-refractivity contribution in [2.45, 2.75) is 6.42 Å². The van der Waals surface area contributed by atoms with Crippen molar-refractivity contribution in [1.82, 2.24) is 0 Å². The van der Waals surface area contributed by atoms with Crippen LogP contribution < -0.4 is 0 Å². The molecule has 0 aliphatic heterocycles. The Bertz CT molecular complexity index is 50.2. The van der Waals surface area contributed by atoms with Crippen LogP contribution in [0.1, 0.15) is 6.42 Å². The van der Waals surface area contributed by atoms with Gasteiger partial charge in [-0.25, -0.2) is 0 Å². The van der Waals surface area contributed by atoms with Crippen molar-refractivity contribution in [1.29, 1.82) is 0 Å². The van der Waals surface area contributed by atoms with E-state index in [9.17, 15) is 0 Å². The molecule has 0 fully saturated rings. The van der Waals surface area contributed by atoms with Gasteiger partial charge in [-0.1, -0.05) is 0 Å². The zero-order valence-corrected chi connectivity index (χ0v) is 7.59. The molecule has 0 saturated carbocycles. The number of aliphatic hydroxyl groups excluding tert-OH is 1. The number of carboxylic acid groups (broad SMARTS) is 1. The summed E-state index contributed by atoms with van der Waals surface area (Å²) in [5, 5.41) is 15.1. The summed E-state index contributed by atoms with van der Waals surface area (Å²) in [6.45, 7) is 6.12. The van der Waals surface area contributed by atoms with Gasteiger partial charge < -0.3 is 17.1 Å². The first-order valence-corrected chi connectivity index (χ1v) is 2.10. The van der Waals surface area contributed by atoms with Crippen LogP contribution >= 0.6 is 0 Å². The van der Waals surface area contributed by atoms with Gasteiger partial charge >= 0.3 is 26.2 Å². The molecule has 0 amide bonds. The maximum Gasteiger partial charge on any atom is 2.00 e. The van der Waals surface area contributed by atoms with Gasteiger partial charge in [-0.15, -0.1) is 0 Å². The largest absolute Gasteiger partial charge is 2.00 e. The van der Waals surface area contributed by atoms with E-state index in [1.807, 2.05) is 0 Å². The molecule has 0 aromatic heterocycles. The first-order chi connectivity index (χ1) is 3.65. The van der Waals surface area contributed by atoms with Crippen molar-refractivity contribution in [3.05, 3.63) is 13.8 Å². The van der Waals surface area contributed by atoms with Crippen molar-refractivity contribution >= 4 is 5.97 Å². The summed E-state index contributed by atoms with van der Waals surface area (Å²) in [6, 6.07) is 0. The van der Waals surface area contributed by atoms with Crippen LogP contribution in [0.15, 0.2) is 0 Å². The SMILES string of the molecule is [CH2-]C(=O)O.[CH2-]CCO.[Zr+2]. The Kier molecular flexibility index (Phi) is 28.1. The van der Waals surface area contributed by atoms with Crippen LogP contribution in [0.25, 0.3) is 0 Å². The quantitative estimate of drug-likeness (QED) is 0.603. The molecule has 0 rings (SSSR count). The van der Waals surface area contributed by atoms with Gasteiger partial charge in [0, 0.05) is 6.61 Å². The zero-order chi connectivity index (χ0) is 6.99. The van der Waals surface area contributed by atoms with Crippen LogP contribution in [0.2, 0.25) is 0 Å². The average molecular weight is 209 g/mol. The molecule has 0 unspecified atom stereocenters. The molecule has 52 valence electrons. The monoisotopic (exact) mass is 208 g/mol. The molecule has 0 aromatic carbocycles. The molecule has 0 heterocycles. The third-order valence-corrected chi connectivity index (χ3v) is 0.158. The molecular weight excluding hydrogens is 199 g/mol. The summed E-state index contributed by atoms with van der Waals surface area (Å²) in [4.78, 5) is 8.89. The summed E-state index contributed by atoms with van der Waals surface area (Å²) in [5.41, 5.74) is 0. The van der Waals surface area contributed by atoms with Crippen molar-refractivity contribution < 1.29 is 41.2 Å². The molecule has 9 heavy (non-hydrogen) atoms. The van der Waals surface area contributed by atoms with Crippen LogP contribution in [0.3, 0.4) is 0 Å². The fraction of sp³-hybridized carbons (Fsp3) is 0.400. The normalized spacial score (nSPS) is 6.00. The predicted octanol–water partition coefficient (Wildman–Crippen LogP) is 0.105. The van der Waals surface area contributed by atoms with E-state index in [1.165, 1.54) is 0 Å². The van der Waals surface area contributed by atoms with E-state index >= 15 is 0 Å². The Hall–Kier alpha value is 0.183. The molecule has 2 N–H and O–H groups in total. The van der Waals surface area contributed by atoms with E-state index in [0.717, 1.165) is 0 Å². The van der Waals surface area contributed by atoms with Gasteiger partial charge in [0.1, 0.15) is 0 Å². The van der Waals surface area contributed by atoms with Crippen molar-refractivity contribution in [2.75, 3.05) is 6.61 Å². The smallest absolute Gasteiger partial charge is 0.503 e. The van der Waals surface area contributed by atoms with Gasteiger partial charge in [0.05, 0.1) is 0 Å². The molecule has 0 bridgehead atoms. The minimum Gasteiger partial charge on any atom is -0.503 e. The van der Waals surface area contributed by atoms with Gasteiger partial charge in [0.15, 0.2) is 5.97 Å². The van der Waals surface area contributed by atoms with E-state index in [4.69, 9.17) is 15.0 Å². The molecular formula is C5H10O3Zr. The third kappa shape index (κ3) is 224. The van der Waals surface area contributed by atoms with Crippen LogP contribution in [-0.4, -0.2) is 22.8 Å². The summed E-state index contributed by atoms with van der Waals surface area (Å²) in [7, 11) is 0.